The Balaban J connectivity index is 1.95. The van der Waals surface area contributed by atoms with Crippen molar-refractivity contribution in [1.29, 1.82) is 0 Å². The molecule has 1 aliphatic heterocycles. The van der Waals surface area contributed by atoms with Crippen LogP contribution in [0.1, 0.15) is 26.2 Å². The minimum atomic E-state index is -0.657. The van der Waals surface area contributed by atoms with Gasteiger partial charge in [0, 0.05) is 23.3 Å². The molecule has 1 saturated heterocycles. The van der Waals surface area contributed by atoms with E-state index < -0.39 is 12.2 Å². The molecule has 19 heavy (non-hydrogen) atoms. The number of hydrogen-bond donors (Lipinski definition) is 2. The Morgan fingerprint density at radius 3 is 2.68 bits per heavy atom. The lowest BCUT2D eigenvalue weighted by Crippen LogP contribution is -2.54. The minimum absolute atomic E-state index is 0.000162. The van der Waals surface area contributed by atoms with Crippen LogP contribution in [0.3, 0.4) is 0 Å². The van der Waals surface area contributed by atoms with Crippen LogP contribution in [0.2, 0.25) is 0 Å². The van der Waals surface area contributed by atoms with Crippen molar-refractivity contribution in [3.05, 3.63) is 24.3 Å². The molecular weight excluding hydrogens is 244 g/mol. The molecule has 0 spiro atoms. The highest BCUT2D eigenvalue weighted by molar-refractivity contribution is 5.90. The molecule has 0 aromatic rings. The normalized spacial score (nSPS) is 49.6. The molecule has 4 nitrogen and oxygen atoms in total. The van der Waals surface area contributed by atoms with Crippen molar-refractivity contribution in [1.82, 2.24) is 0 Å². The zero-order valence-corrected chi connectivity index (χ0v) is 11.1. The average Bonchev–Trinajstić information content (AvgIpc) is 2.61. The zero-order valence-electron chi connectivity index (χ0n) is 11.1. The first-order valence-corrected chi connectivity index (χ1v) is 6.79. The van der Waals surface area contributed by atoms with E-state index in [1.165, 1.54) is 0 Å². The summed E-state index contributed by atoms with van der Waals surface area (Å²) in [5, 5.41) is 20.3. The molecule has 2 N–H and O–H groups in total. The quantitative estimate of drug-likeness (QED) is 0.392. The van der Waals surface area contributed by atoms with Crippen LogP contribution in [0.5, 0.6) is 0 Å². The number of carbonyl (C=O) groups is 1. The molecule has 1 heterocycles. The number of fused-ring (bicyclic) bond motifs is 2. The van der Waals surface area contributed by atoms with Gasteiger partial charge in [0.25, 0.3) is 0 Å². The van der Waals surface area contributed by atoms with E-state index in [0.29, 0.717) is 24.8 Å². The van der Waals surface area contributed by atoms with Gasteiger partial charge < -0.3 is 14.9 Å². The fourth-order valence-corrected chi connectivity index (χ4v) is 4.06. The Morgan fingerprint density at radius 2 is 2.00 bits per heavy atom. The predicted octanol–water partition coefficient (Wildman–Crippen LogP) is 1.18. The molecular formula is C15H20O4. The third-order valence-electron chi connectivity index (χ3n) is 5.43. The van der Waals surface area contributed by atoms with Crippen LogP contribution in [-0.2, 0) is 9.53 Å². The molecule has 2 saturated carbocycles. The summed E-state index contributed by atoms with van der Waals surface area (Å²) in [6.07, 6.45) is 0.179. The van der Waals surface area contributed by atoms with E-state index in [1.807, 2.05) is 6.92 Å². The Labute approximate surface area is 112 Å². The summed E-state index contributed by atoms with van der Waals surface area (Å²) in [6, 6.07) is 0. The van der Waals surface area contributed by atoms with Gasteiger partial charge in [-0.2, -0.15) is 0 Å². The van der Waals surface area contributed by atoms with Gasteiger partial charge in [-0.1, -0.05) is 20.1 Å². The molecule has 3 aliphatic rings. The van der Waals surface area contributed by atoms with Crippen molar-refractivity contribution in [2.24, 2.45) is 17.3 Å². The van der Waals surface area contributed by atoms with Gasteiger partial charge in [0.05, 0.1) is 12.2 Å². The minimum Gasteiger partial charge on any atom is -0.458 e. The van der Waals surface area contributed by atoms with E-state index in [2.05, 4.69) is 13.2 Å². The van der Waals surface area contributed by atoms with Crippen molar-refractivity contribution in [3.8, 4) is 0 Å². The van der Waals surface area contributed by atoms with Gasteiger partial charge in [0.15, 0.2) is 0 Å². The zero-order chi connectivity index (χ0) is 13.9. The van der Waals surface area contributed by atoms with Crippen molar-refractivity contribution < 1.29 is 19.7 Å². The molecule has 0 amide bonds. The van der Waals surface area contributed by atoms with Crippen LogP contribution in [0, 0.1) is 17.3 Å². The fraction of sp³-hybridized carbons (Fsp3) is 0.667. The summed E-state index contributed by atoms with van der Waals surface area (Å²) in [5.41, 5.74) is 0.926. The Hall–Kier alpha value is -1.13. The number of aliphatic hydroxyl groups is 2. The first-order valence-electron chi connectivity index (χ1n) is 6.79. The first kappa shape index (κ1) is 12.9. The van der Waals surface area contributed by atoms with Gasteiger partial charge in [-0.05, 0) is 24.3 Å². The smallest absolute Gasteiger partial charge is 0.334 e. The molecule has 2 aliphatic carbocycles. The largest absolute Gasteiger partial charge is 0.458 e. The molecule has 0 aromatic heterocycles. The second-order valence-electron chi connectivity index (χ2n) is 6.42. The number of rotatable bonds is 0. The van der Waals surface area contributed by atoms with Gasteiger partial charge in [-0.25, -0.2) is 4.79 Å². The van der Waals surface area contributed by atoms with Crippen LogP contribution in [0.4, 0.5) is 0 Å². The summed E-state index contributed by atoms with van der Waals surface area (Å²) in [5.74, 6) is -0.309. The highest BCUT2D eigenvalue weighted by atomic mass is 16.6. The SMILES string of the molecule is C=C1C(=O)O[C@@H]2C[C@]3(C)[C@H](O)C[C@H](O)C(=C)[C@@H]3C[C@@H]12. The van der Waals surface area contributed by atoms with Crippen LogP contribution in [0.15, 0.2) is 24.3 Å². The topological polar surface area (TPSA) is 66.8 Å². The second-order valence-corrected chi connectivity index (χ2v) is 6.42. The molecule has 3 rings (SSSR count). The van der Waals surface area contributed by atoms with E-state index in [4.69, 9.17) is 4.74 Å². The van der Waals surface area contributed by atoms with Crippen LogP contribution < -0.4 is 0 Å². The maximum absolute atomic E-state index is 11.6. The highest BCUT2D eigenvalue weighted by Crippen LogP contribution is 2.56. The molecule has 6 atom stereocenters. The van der Waals surface area contributed by atoms with Crippen molar-refractivity contribution in [3.63, 3.8) is 0 Å². The number of aliphatic hydroxyl groups excluding tert-OH is 2. The predicted molar refractivity (Wildman–Crippen MR) is 69.1 cm³/mol. The van der Waals surface area contributed by atoms with Crippen molar-refractivity contribution in [2.75, 3.05) is 0 Å². The lowest BCUT2D eigenvalue weighted by atomic mass is 9.54. The van der Waals surface area contributed by atoms with Gasteiger partial charge in [-0.15, -0.1) is 0 Å². The van der Waals surface area contributed by atoms with Crippen LogP contribution in [0.25, 0.3) is 0 Å². The lowest BCUT2D eigenvalue weighted by molar-refractivity contribution is -0.148. The molecule has 104 valence electrons. The maximum Gasteiger partial charge on any atom is 0.334 e. The van der Waals surface area contributed by atoms with Crippen molar-refractivity contribution >= 4 is 5.97 Å². The maximum atomic E-state index is 11.6. The van der Waals surface area contributed by atoms with Gasteiger partial charge in [0.1, 0.15) is 6.10 Å². The molecule has 0 aromatic carbocycles. The Morgan fingerprint density at radius 1 is 1.32 bits per heavy atom. The number of carbonyl (C=O) groups excluding carboxylic acids is 1. The average molecular weight is 264 g/mol. The number of esters is 1. The Kier molecular flexibility index (Phi) is 2.67. The first-order chi connectivity index (χ1) is 8.84. The highest BCUT2D eigenvalue weighted by Gasteiger charge is 2.57. The van der Waals surface area contributed by atoms with E-state index in [1.54, 1.807) is 0 Å². The monoisotopic (exact) mass is 264 g/mol. The second kappa shape index (κ2) is 3.93. The van der Waals surface area contributed by atoms with Crippen molar-refractivity contribution in [2.45, 2.75) is 44.5 Å². The number of hydrogen-bond acceptors (Lipinski definition) is 4. The van der Waals surface area contributed by atoms with E-state index >= 15 is 0 Å². The molecule has 4 heteroatoms. The molecule has 0 bridgehead atoms. The van der Waals surface area contributed by atoms with Gasteiger partial charge >= 0.3 is 5.97 Å². The van der Waals surface area contributed by atoms with E-state index in [9.17, 15) is 15.0 Å². The van der Waals surface area contributed by atoms with Gasteiger partial charge in [-0.3, -0.25) is 0 Å². The number of ether oxygens (including phenoxy) is 1. The lowest BCUT2D eigenvalue weighted by Gasteiger charge is -2.53. The summed E-state index contributed by atoms with van der Waals surface area (Å²) in [7, 11) is 0. The third-order valence-corrected chi connectivity index (χ3v) is 5.43. The third kappa shape index (κ3) is 1.63. The van der Waals surface area contributed by atoms with Crippen LogP contribution in [-0.4, -0.2) is 34.5 Å². The van der Waals surface area contributed by atoms with E-state index in [0.717, 1.165) is 5.57 Å². The fourth-order valence-electron chi connectivity index (χ4n) is 4.06. The summed E-state index contributed by atoms with van der Waals surface area (Å²) in [4.78, 5) is 11.6. The summed E-state index contributed by atoms with van der Waals surface area (Å²) in [6.45, 7) is 9.82. The summed E-state index contributed by atoms with van der Waals surface area (Å²) < 4.78 is 5.36. The molecule has 0 unspecified atom stereocenters. The Bertz CT molecular complexity index is 469. The molecule has 0 radical (unpaired) electrons. The van der Waals surface area contributed by atoms with E-state index in [-0.39, 0.29) is 29.3 Å². The molecule has 3 fully saturated rings. The van der Waals surface area contributed by atoms with Gasteiger partial charge in [0.2, 0.25) is 0 Å². The summed E-state index contributed by atoms with van der Waals surface area (Å²) >= 11 is 0. The standard InChI is InChI=1S/C15H20O4/c1-7-9-4-10-8(2)11(16)5-13(17)15(10,3)6-12(9)19-14(7)18/h9-13,16-17H,1-2,4-6H2,3H3/t9-,10-,11-,12+,13+,15-/m0/s1. The van der Waals surface area contributed by atoms with Crippen LogP contribution >= 0.6 is 0 Å².